The van der Waals surface area contributed by atoms with Gasteiger partial charge in [-0.3, -0.25) is 0 Å². The number of hydrogen-bond donors (Lipinski definition) is 1. The molecule has 22 heavy (non-hydrogen) atoms. The second-order valence-electron chi connectivity index (χ2n) is 6.50. The van der Waals surface area contributed by atoms with Crippen molar-refractivity contribution in [3.05, 3.63) is 35.4 Å². The summed E-state index contributed by atoms with van der Waals surface area (Å²) in [5.74, 6) is -1.63. The molecular weight excluding hydrogens is 278 g/mol. The summed E-state index contributed by atoms with van der Waals surface area (Å²) in [5.41, 5.74) is -0.164. The molecule has 0 aromatic heterocycles. The lowest BCUT2D eigenvalue weighted by Gasteiger charge is -2.56. The van der Waals surface area contributed by atoms with Gasteiger partial charge in [0.15, 0.2) is 11.5 Å². The number of hydrogen-bond acceptors (Lipinski definition) is 4. The minimum absolute atomic E-state index is 0.0175. The summed E-state index contributed by atoms with van der Waals surface area (Å²) < 4.78 is 68.1. The van der Waals surface area contributed by atoms with Gasteiger partial charge >= 0.3 is 0 Å². The molecule has 2 bridgehead atoms. The molecule has 5 rings (SSSR count). The highest BCUT2D eigenvalue weighted by Crippen LogP contribution is 2.62. The molecule has 1 spiro atoms. The van der Waals surface area contributed by atoms with E-state index in [-0.39, 0.29) is 23.6 Å². The van der Waals surface area contributed by atoms with Gasteiger partial charge in [-0.05, 0) is 38.0 Å². The molecule has 4 aliphatic rings. The second kappa shape index (κ2) is 4.06. The molecule has 116 valence electrons. The molecule has 1 fully saturated rings. The molecule has 0 saturated carbocycles. The maximum Gasteiger partial charge on any atom is 0.165 e. The Bertz CT molecular complexity index is 962. The molecule has 2 unspecified atom stereocenters. The van der Waals surface area contributed by atoms with Gasteiger partial charge in [0.25, 0.3) is 0 Å². The first kappa shape index (κ1) is 7.84. The van der Waals surface area contributed by atoms with E-state index in [9.17, 15) is 6.48 Å². The lowest BCUT2D eigenvalue weighted by molar-refractivity contribution is -0.0453. The van der Waals surface area contributed by atoms with Crippen LogP contribution in [0.15, 0.2) is 24.2 Å². The Hall–Kier alpha value is -1.52. The van der Waals surface area contributed by atoms with Crippen molar-refractivity contribution in [3.8, 4) is 11.5 Å². The van der Waals surface area contributed by atoms with Crippen molar-refractivity contribution in [3.63, 3.8) is 0 Å². The number of likely N-dealkylation sites (tertiary alicyclic amines) is 1. The largest absolute Gasteiger partial charge is 0.493 e. The van der Waals surface area contributed by atoms with Gasteiger partial charge in [-0.25, -0.2) is 0 Å². The van der Waals surface area contributed by atoms with Crippen molar-refractivity contribution in [2.24, 2.45) is 5.89 Å². The number of piperidine rings is 1. The van der Waals surface area contributed by atoms with Crippen molar-refractivity contribution >= 4 is 0 Å². The van der Waals surface area contributed by atoms with Gasteiger partial charge in [0, 0.05) is 24.3 Å². The molecule has 1 N–H and O–H groups in total. The number of methoxy groups -OCH3 is 1. The number of aliphatic hydroxyl groups is 1. The van der Waals surface area contributed by atoms with Crippen LogP contribution in [0.5, 0.6) is 11.5 Å². The molecule has 0 radical (unpaired) electrons. The third kappa shape index (κ3) is 1.28. The van der Waals surface area contributed by atoms with Crippen molar-refractivity contribution in [1.29, 1.82) is 0 Å². The summed E-state index contributed by atoms with van der Waals surface area (Å²) >= 11 is 0. The average Bonchev–Trinajstić information content (AvgIpc) is 2.96. The Morgan fingerprint density at radius 1 is 1.55 bits per heavy atom. The second-order valence-corrected chi connectivity index (χ2v) is 6.50. The van der Waals surface area contributed by atoms with Gasteiger partial charge in [0.05, 0.1) is 15.3 Å². The van der Waals surface area contributed by atoms with Gasteiger partial charge in [-0.2, -0.15) is 0 Å². The average molecular weight is 306 g/mol. The Morgan fingerprint density at radius 2 is 2.45 bits per heavy atom. The third-order valence-electron chi connectivity index (χ3n) is 5.66. The maximum atomic E-state index is 10.8. The third-order valence-corrected chi connectivity index (χ3v) is 5.66. The fourth-order valence-corrected chi connectivity index (χ4v) is 4.69. The zero-order chi connectivity index (χ0) is 21.1. The van der Waals surface area contributed by atoms with Crippen molar-refractivity contribution in [1.82, 2.24) is 4.90 Å². The number of ether oxygens (including phenoxy) is 2. The number of nitrogens with zero attached hydrogens (tertiary/aromatic N) is 1. The summed E-state index contributed by atoms with van der Waals surface area (Å²) in [4.78, 5) is 2.03. The highest BCUT2D eigenvalue weighted by molar-refractivity contribution is 5.62. The van der Waals surface area contributed by atoms with E-state index >= 15 is 0 Å². The van der Waals surface area contributed by atoms with Crippen LogP contribution in [-0.2, 0) is 11.8 Å². The monoisotopic (exact) mass is 306 g/mol. The van der Waals surface area contributed by atoms with Crippen LogP contribution >= 0.6 is 0 Å². The lowest BCUT2D eigenvalue weighted by atomic mass is 9.53. The molecule has 1 aromatic carbocycles. The first-order chi connectivity index (χ1) is 13.3. The van der Waals surface area contributed by atoms with Crippen LogP contribution in [0.4, 0.5) is 0 Å². The van der Waals surface area contributed by atoms with E-state index in [1.54, 1.807) is 6.08 Å². The van der Waals surface area contributed by atoms with Crippen LogP contribution in [0.3, 0.4) is 0 Å². The maximum absolute atomic E-state index is 10.8. The molecule has 1 saturated heterocycles. The summed E-state index contributed by atoms with van der Waals surface area (Å²) in [7, 11) is -0.962. The Kier molecular flexibility index (Phi) is 1.45. The fraction of sp³-hybridized carbons (Fsp3) is 0.556. The minimum atomic E-state index is -2.86. The van der Waals surface area contributed by atoms with Crippen LogP contribution in [0.1, 0.15) is 27.1 Å². The van der Waals surface area contributed by atoms with Crippen LogP contribution in [-0.4, -0.2) is 48.9 Å². The van der Waals surface area contributed by atoms with Crippen LogP contribution in [0, 0.1) is 5.89 Å². The summed E-state index contributed by atoms with van der Waals surface area (Å²) in [6, 6.07) is -0.882. The molecule has 4 nitrogen and oxygen atoms in total. The molecule has 2 aliphatic heterocycles. The number of benzene rings is 1. The highest BCUT2D eigenvalue weighted by atomic mass is 16.5. The van der Waals surface area contributed by atoms with Crippen LogP contribution in [0.2, 0.25) is 0 Å². The van der Waals surface area contributed by atoms with Crippen molar-refractivity contribution < 1.29 is 24.2 Å². The standard InChI is InChI=1S/C18H21NO3/c1-19-8-7-18-11-4-5-13(20)17(18)22-16-14(21-2)6-3-10(15(16)18)9-12(11)19/h3-6,11-13,17,20H,7-9H2,1-2H3/t11-,12+,13?,17?,18-/m0/s1/i2D3,3D,6D,11D,13D. The Labute approximate surface area is 140 Å². The lowest BCUT2D eigenvalue weighted by Crippen LogP contribution is -2.64. The van der Waals surface area contributed by atoms with Gasteiger partial charge in [-0.15, -0.1) is 0 Å². The summed E-state index contributed by atoms with van der Waals surface area (Å²) in [6.07, 6.45) is 0.229. The topological polar surface area (TPSA) is 41.9 Å². The van der Waals surface area contributed by atoms with E-state index in [1.807, 2.05) is 11.9 Å². The fourth-order valence-electron chi connectivity index (χ4n) is 4.69. The summed E-state index contributed by atoms with van der Waals surface area (Å²) in [5, 5.41) is 10.8. The van der Waals surface area contributed by atoms with Crippen molar-refractivity contribution in [2.45, 2.75) is 36.5 Å². The molecule has 4 heteroatoms. The van der Waals surface area contributed by atoms with E-state index < -0.39 is 36.6 Å². The van der Waals surface area contributed by atoms with E-state index in [0.717, 1.165) is 0 Å². The predicted octanol–water partition coefficient (Wildman–Crippen LogP) is 1.50. The first-order valence-electron chi connectivity index (χ1n) is 11.0. The van der Waals surface area contributed by atoms with E-state index in [2.05, 4.69) is 0 Å². The molecule has 1 aromatic rings. The van der Waals surface area contributed by atoms with Gasteiger partial charge < -0.3 is 19.5 Å². The van der Waals surface area contributed by atoms with E-state index in [0.29, 0.717) is 30.5 Å². The zero-order valence-electron chi connectivity index (χ0n) is 19.1. The van der Waals surface area contributed by atoms with Gasteiger partial charge in [-0.1, -0.05) is 18.2 Å². The first-order valence-corrected chi connectivity index (χ1v) is 7.49. The van der Waals surface area contributed by atoms with Crippen LogP contribution in [0.25, 0.3) is 0 Å². The number of likely N-dealkylation sites (N-methyl/N-ethyl adjacent to an activating group) is 1. The zero-order valence-corrected chi connectivity index (χ0v) is 12.1. The van der Waals surface area contributed by atoms with E-state index in [1.165, 1.54) is 6.08 Å². The molecule has 2 aliphatic carbocycles. The Balaban J connectivity index is 1.87. The Morgan fingerprint density at radius 3 is 3.32 bits per heavy atom. The quantitative estimate of drug-likeness (QED) is 0.799. The normalized spacial score (nSPS) is 52.9. The molecular formula is C18H21NO3. The number of rotatable bonds is 1. The molecule has 2 heterocycles. The predicted molar refractivity (Wildman–Crippen MR) is 82.5 cm³/mol. The van der Waals surface area contributed by atoms with Crippen LogP contribution < -0.4 is 9.47 Å². The smallest absolute Gasteiger partial charge is 0.165 e. The molecule has 0 amide bonds. The highest BCUT2D eigenvalue weighted by Gasteiger charge is 2.64. The minimum Gasteiger partial charge on any atom is -0.493 e. The van der Waals surface area contributed by atoms with Crippen molar-refractivity contribution in [2.75, 3.05) is 20.6 Å². The molecule has 5 atom stereocenters. The van der Waals surface area contributed by atoms with E-state index in [4.69, 9.17) is 17.7 Å². The van der Waals surface area contributed by atoms with Gasteiger partial charge in [0.1, 0.15) is 12.2 Å². The SMILES string of the molecule is [2H]c1c([2H])c(OC([2H])([2H])[2H])c2c3c1C[C@H]1N(C)CC[C@@]34C(O2)C([2H])(O)C=C[C@@]14[2H]. The summed E-state index contributed by atoms with van der Waals surface area (Å²) in [6.45, 7) is 0.597. The van der Waals surface area contributed by atoms with Gasteiger partial charge in [0.2, 0.25) is 0 Å².